The van der Waals surface area contributed by atoms with E-state index in [4.69, 9.17) is 4.74 Å². The van der Waals surface area contributed by atoms with Crippen molar-refractivity contribution in [2.24, 2.45) is 0 Å². The van der Waals surface area contributed by atoms with Crippen LogP contribution in [0, 0.1) is 0 Å². The summed E-state index contributed by atoms with van der Waals surface area (Å²) in [4.78, 5) is 12.7. The largest absolute Gasteiger partial charge is 0.481 e. The Morgan fingerprint density at radius 2 is 2.11 bits per heavy atom. The molecule has 1 saturated heterocycles. The second-order valence-corrected chi connectivity index (χ2v) is 10.0. The van der Waals surface area contributed by atoms with Gasteiger partial charge in [0.05, 0.1) is 23.2 Å². The van der Waals surface area contributed by atoms with Crippen molar-refractivity contribution in [1.82, 2.24) is 9.78 Å². The molecule has 144 valence electrons. The highest BCUT2D eigenvalue weighted by molar-refractivity contribution is 7.98. The Morgan fingerprint density at radius 1 is 1.33 bits per heavy atom. The summed E-state index contributed by atoms with van der Waals surface area (Å²) in [5.41, 5.74) is 1.92. The third-order valence-corrected chi connectivity index (χ3v) is 7.52. The van der Waals surface area contributed by atoms with Crippen LogP contribution < -0.4 is 10.1 Å². The van der Waals surface area contributed by atoms with Gasteiger partial charge in [-0.2, -0.15) is 16.9 Å². The van der Waals surface area contributed by atoms with Crippen molar-refractivity contribution in [3.63, 3.8) is 0 Å². The number of nitrogens with zero attached hydrogens (tertiary/aromatic N) is 2. The summed E-state index contributed by atoms with van der Waals surface area (Å²) in [6.45, 7) is 1.69. The van der Waals surface area contributed by atoms with Gasteiger partial charge in [-0.3, -0.25) is 4.79 Å². The highest BCUT2D eigenvalue weighted by atomic mass is 32.2. The number of benzene rings is 1. The fourth-order valence-corrected chi connectivity index (χ4v) is 6.10. The van der Waals surface area contributed by atoms with Crippen LogP contribution in [0.5, 0.6) is 5.75 Å². The first-order valence-electron chi connectivity index (χ1n) is 8.84. The number of rotatable bonds is 5. The Kier molecular flexibility index (Phi) is 4.90. The van der Waals surface area contributed by atoms with Gasteiger partial charge in [-0.25, -0.2) is 13.1 Å². The normalized spacial score (nSPS) is 21.6. The number of sulfone groups is 1. The summed E-state index contributed by atoms with van der Waals surface area (Å²) in [6, 6.07) is 8.94. The Bertz CT molecular complexity index is 956. The Hall–Kier alpha value is -2.00. The van der Waals surface area contributed by atoms with E-state index in [9.17, 15) is 13.2 Å². The number of nitrogens with one attached hydrogen (secondary N) is 1. The average molecular weight is 408 g/mol. The third kappa shape index (κ3) is 3.84. The van der Waals surface area contributed by atoms with E-state index in [2.05, 4.69) is 10.4 Å². The third-order valence-electron chi connectivity index (χ3n) is 4.80. The van der Waals surface area contributed by atoms with Gasteiger partial charge in [-0.15, -0.1) is 0 Å². The van der Waals surface area contributed by atoms with E-state index in [0.717, 1.165) is 22.8 Å². The van der Waals surface area contributed by atoms with Crippen LogP contribution in [-0.2, 0) is 26.1 Å². The smallest absolute Gasteiger partial charge is 0.266 e. The summed E-state index contributed by atoms with van der Waals surface area (Å²) < 4.78 is 31.2. The van der Waals surface area contributed by atoms with Crippen molar-refractivity contribution >= 4 is 33.3 Å². The van der Waals surface area contributed by atoms with Crippen molar-refractivity contribution in [3.05, 3.63) is 41.6 Å². The fourth-order valence-electron chi connectivity index (χ4n) is 3.37. The number of hydrogen-bond acceptors (Lipinski definition) is 6. The summed E-state index contributed by atoms with van der Waals surface area (Å²) >= 11 is 1.74. The summed E-state index contributed by atoms with van der Waals surface area (Å²) in [6.07, 6.45) is -0.164. The van der Waals surface area contributed by atoms with Crippen LogP contribution >= 0.6 is 11.8 Å². The molecule has 0 saturated carbocycles. The lowest BCUT2D eigenvalue weighted by atomic mass is 10.2. The van der Waals surface area contributed by atoms with Gasteiger partial charge in [0.25, 0.3) is 5.91 Å². The molecule has 0 bridgehead atoms. The molecule has 9 heteroatoms. The maximum absolute atomic E-state index is 12.7. The topological polar surface area (TPSA) is 90.3 Å². The first-order chi connectivity index (χ1) is 12.9. The van der Waals surface area contributed by atoms with Crippen molar-refractivity contribution in [2.75, 3.05) is 16.8 Å². The Morgan fingerprint density at radius 3 is 2.81 bits per heavy atom. The Labute approximate surface area is 162 Å². The fraction of sp³-hybridized carbons (Fsp3) is 0.444. The molecule has 1 fully saturated rings. The predicted molar refractivity (Wildman–Crippen MR) is 105 cm³/mol. The minimum absolute atomic E-state index is 0.0691. The molecule has 0 spiro atoms. The highest BCUT2D eigenvalue weighted by Crippen LogP contribution is 2.38. The molecule has 1 N–H and O–H groups in total. The number of thioether (sulfide) groups is 1. The van der Waals surface area contributed by atoms with E-state index < -0.39 is 15.9 Å². The SMILES string of the molecule is CC(Oc1ccccc1)C(=O)Nc1c2c(nn1C1CCS(=O)(=O)C1)CSC2. The molecule has 2 atom stereocenters. The van der Waals surface area contributed by atoms with Gasteiger partial charge < -0.3 is 10.1 Å². The van der Waals surface area contributed by atoms with Crippen LogP contribution in [0.25, 0.3) is 0 Å². The zero-order chi connectivity index (χ0) is 19.0. The molecule has 3 heterocycles. The first kappa shape index (κ1) is 18.4. The standard InChI is InChI=1S/C18H21N3O4S2/c1-12(25-14-5-3-2-4-6-14)18(22)19-17-15-9-26-10-16(15)20-21(17)13-7-8-27(23,24)11-13/h2-6,12-13H,7-11H2,1H3,(H,19,22). The molecule has 0 aliphatic carbocycles. The lowest BCUT2D eigenvalue weighted by Crippen LogP contribution is -2.32. The van der Waals surface area contributed by atoms with Gasteiger partial charge >= 0.3 is 0 Å². The summed E-state index contributed by atoms with van der Waals surface area (Å²) in [7, 11) is -3.04. The van der Waals surface area contributed by atoms with Gasteiger partial charge in [0.15, 0.2) is 15.9 Å². The first-order valence-corrected chi connectivity index (χ1v) is 11.8. The number of amides is 1. The van der Waals surface area contributed by atoms with E-state index in [1.54, 1.807) is 35.5 Å². The molecule has 2 aliphatic rings. The quantitative estimate of drug-likeness (QED) is 0.819. The molecule has 7 nitrogen and oxygen atoms in total. The molecule has 1 aromatic heterocycles. The molecule has 1 amide bonds. The second kappa shape index (κ2) is 7.20. The monoisotopic (exact) mass is 407 g/mol. The van der Waals surface area contributed by atoms with Crippen LogP contribution in [0.15, 0.2) is 30.3 Å². The predicted octanol–water partition coefficient (Wildman–Crippen LogP) is 2.40. The van der Waals surface area contributed by atoms with E-state index in [0.29, 0.717) is 18.0 Å². The highest BCUT2D eigenvalue weighted by Gasteiger charge is 2.34. The zero-order valence-corrected chi connectivity index (χ0v) is 16.6. The Balaban J connectivity index is 1.55. The molecule has 2 aliphatic heterocycles. The number of ether oxygens (including phenoxy) is 1. The molecule has 2 aromatic rings. The lowest BCUT2D eigenvalue weighted by Gasteiger charge is -2.18. The molecule has 4 rings (SSSR count). The minimum atomic E-state index is -3.04. The van der Waals surface area contributed by atoms with E-state index in [1.165, 1.54) is 0 Å². The van der Waals surface area contributed by atoms with Crippen LogP contribution in [0.4, 0.5) is 5.82 Å². The van der Waals surface area contributed by atoms with Crippen LogP contribution in [0.1, 0.15) is 30.6 Å². The van der Waals surface area contributed by atoms with Crippen molar-refractivity contribution in [2.45, 2.75) is 37.0 Å². The van der Waals surface area contributed by atoms with E-state index in [-0.39, 0.29) is 23.5 Å². The number of carbonyl (C=O) groups excluding carboxylic acids is 1. The maximum Gasteiger partial charge on any atom is 0.266 e. The van der Waals surface area contributed by atoms with Gasteiger partial charge in [-0.05, 0) is 25.5 Å². The minimum Gasteiger partial charge on any atom is -0.481 e. The van der Waals surface area contributed by atoms with Crippen molar-refractivity contribution in [1.29, 1.82) is 0 Å². The number of carbonyl (C=O) groups is 1. The molecule has 1 aromatic carbocycles. The molecule has 2 unspecified atom stereocenters. The molecular weight excluding hydrogens is 386 g/mol. The van der Waals surface area contributed by atoms with Gasteiger partial charge in [0.1, 0.15) is 11.6 Å². The number of aromatic nitrogens is 2. The number of fused-ring (bicyclic) bond motifs is 1. The van der Waals surface area contributed by atoms with Gasteiger partial charge in [0.2, 0.25) is 0 Å². The second-order valence-electron chi connectivity index (χ2n) is 6.83. The lowest BCUT2D eigenvalue weighted by molar-refractivity contribution is -0.122. The molecule has 27 heavy (non-hydrogen) atoms. The molecule has 0 radical (unpaired) electrons. The van der Waals surface area contributed by atoms with Crippen LogP contribution in [0.3, 0.4) is 0 Å². The average Bonchev–Trinajstić information content (AvgIpc) is 3.31. The van der Waals surface area contributed by atoms with Gasteiger partial charge in [-0.1, -0.05) is 18.2 Å². The van der Waals surface area contributed by atoms with E-state index >= 15 is 0 Å². The van der Waals surface area contributed by atoms with Crippen LogP contribution in [-0.4, -0.2) is 41.7 Å². The zero-order valence-electron chi connectivity index (χ0n) is 14.9. The number of hydrogen-bond donors (Lipinski definition) is 1. The van der Waals surface area contributed by atoms with E-state index in [1.807, 2.05) is 18.2 Å². The van der Waals surface area contributed by atoms with Crippen LogP contribution in [0.2, 0.25) is 0 Å². The summed E-state index contributed by atoms with van der Waals surface area (Å²) in [5.74, 6) is 2.74. The molecular formula is C18H21N3O4S2. The number of para-hydroxylation sites is 1. The van der Waals surface area contributed by atoms with Gasteiger partial charge in [0, 0.05) is 17.1 Å². The number of anilines is 1. The summed E-state index contributed by atoms with van der Waals surface area (Å²) in [5, 5.41) is 7.55. The maximum atomic E-state index is 12.7. The van der Waals surface area contributed by atoms with Crippen molar-refractivity contribution < 1.29 is 17.9 Å². The van der Waals surface area contributed by atoms with Crippen molar-refractivity contribution in [3.8, 4) is 5.75 Å².